The number of esters is 1. The summed E-state index contributed by atoms with van der Waals surface area (Å²) in [5.41, 5.74) is 1.07. The van der Waals surface area contributed by atoms with Crippen LogP contribution >= 0.6 is 15.9 Å². The largest absolute Gasteiger partial charge is 0.466 e. The highest BCUT2D eigenvalue weighted by molar-refractivity contribution is 9.10. The summed E-state index contributed by atoms with van der Waals surface area (Å²) < 4.78 is 5.94. The predicted molar refractivity (Wildman–Crippen MR) is 67.2 cm³/mol. The van der Waals surface area contributed by atoms with Gasteiger partial charge in [0.1, 0.15) is 0 Å². The molecule has 88 valence electrons. The van der Waals surface area contributed by atoms with Crippen LogP contribution in [-0.4, -0.2) is 19.6 Å². The van der Waals surface area contributed by atoms with Crippen molar-refractivity contribution in [3.63, 3.8) is 0 Å². The number of nitrogens with one attached hydrogen (secondary N) is 1. The van der Waals surface area contributed by atoms with Gasteiger partial charge in [0, 0.05) is 10.5 Å². The summed E-state index contributed by atoms with van der Waals surface area (Å²) in [5, 5.41) is 3.11. The van der Waals surface area contributed by atoms with E-state index in [2.05, 4.69) is 21.2 Å². The minimum Gasteiger partial charge on any atom is -0.466 e. The molecule has 1 rings (SSSR count). The first-order valence-corrected chi connectivity index (χ1v) is 6.05. The van der Waals surface area contributed by atoms with Crippen LogP contribution in [0.4, 0.5) is 0 Å². The van der Waals surface area contributed by atoms with E-state index in [9.17, 15) is 4.79 Å². The Bertz CT molecular complexity index is 355. The van der Waals surface area contributed by atoms with Gasteiger partial charge in [0.2, 0.25) is 0 Å². The molecule has 1 N–H and O–H groups in total. The standard InChI is InChI=1S/C12H16BrNO2/c1-3-16-12(15)8-11(14-2)9-5-4-6-10(13)7-9/h4-7,11,14H,3,8H2,1-2H3. The number of carbonyl (C=O) groups is 1. The van der Waals surface area contributed by atoms with E-state index in [0.717, 1.165) is 10.0 Å². The zero-order valence-corrected chi connectivity index (χ0v) is 11.1. The molecule has 4 heteroatoms. The smallest absolute Gasteiger partial charge is 0.307 e. The minimum absolute atomic E-state index is 0.00319. The molecule has 16 heavy (non-hydrogen) atoms. The molecule has 0 aliphatic carbocycles. The Hall–Kier alpha value is -0.870. The van der Waals surface area contributed by atoms with Gasteiger partial charge >= 0.3 is 5.97 Å². The van der Waals surface area contributed by atoms with E-state index in [1.807, 2.05) is 38.2 Å². The van der Waals surface area contributed by atoms with Crippen molar-refractivity contribution in [2.75, 3.05) is 13.7 Å². The van der Waals surface area contributed by atoms with Crippen molar-refractivity contribution in [2.24, 2.45) is 0 Å². The maximum Gasteiger partial charge on any atom is 0.307 e. The normalized spacial score (nSPS) is 12.2. The summed E-state index contributed by atoms with van der Waals surface area (Å²) >= 11 is 3.41. The Morgan fingerprint density at radius 1 is 1.56 bits per heavy atom. The molecule has 0 amide bonds. The molecule has 0 saturated carbocycles. The molecule has 1 unspecified atom stereocenters. The molecule has 0 saturated heterocycles. The number of ether oxygens (including phenoxy) is 1. The molecule has 1 aromatic rings. The SMILES string of the molecule is CCOC(=O)CC(NC)c1cccc(Br)c1. The Kier molecular flexibility index (Phi) is 5.49. The molecule has 0 spiro atoms. The van der Waals surface area contributed by atoms with Crippen LogP contribution in [0.2, 0.25) is 0 Å². The van der Waals surface area contributed by atoms with Crippen molar-refractivity contribution in [1.29, 1.82) is 0 Å². The summed E-state index contributed by atoms with van der Waals surface area (Å²) in [5.74, 6) is -0.179. The fraction of sp³-hybridized carbons (Fsp3) is 0.417. The van der Waals surface area contributed by atoms with Gasteiger partial charge in [-0.1, -0.05) is 28.1 Å². The number of carbonyl (C=O) groups excluding carboxylic acids is 1. The highest BCUT2D eigenvalue weighted by Crippen LogP contribution is 2.20. The van der Waals surface area contributed by atoms with Crippen LogP contribution < -0.4 is 5.32 Å². The molecule has 1 aromatic carbocycles. The average Bonchev–Trinajstić information content (AvgIpc) is 2.26. The van der Waals surface area contributed by atoms with Gasteiger partial charge < -0.3 is 10.1 Å². The maximum atomic E-state index is 11.4. The van der Waals surface area contributed by atoms with Crippen LogP contribution in [-0.2, 0) is 9.53 Å². The second kappa shape index (κ2) is 6.66. The molecule has 0 heterocycles. The molecular formula is C12H16BrNO2. The molecule has 0 aliphatic heterocycles. The summed E-state index contributed by atoms with van der Waals surface area (Å²) in [6.45, 7) is 2.24. The second-order valence-electron chi connectivity index (χ2n) is 3.41. The lowest BCUT2D eigenvalue weighted by Gasteiger charge is -2.15. The van der Waals surface area contributed by atoms with Crippen molar-refractivity contribution in [3.8, 4) is 0 Å². The van der Waals surface area contributed by atoms with Gasteiger partial charge in [0.05, 0.1) is 13.0 Å². The maximum absolute atomic E-state index is 11.4. The summed E-state index contributed by atoms with van der Waals surface area (Å²) in [6.07, 6.45) is 0.348. The number of halogens is 1. The topological polar surface area (TPSA) is 38.3 Å². The lowest BCUT2D eigenvalue weighted by molar-refractivity contribution is -0.143. The highest BCUT2D eigenvalue weighted by Gasteiger charge is 2.14. The summed E-state index contributed by atoms with van der Waals surface area (Å²) in [4.78, 5) is 11.4. The van der Waals surface area contributed by atoms with E-state index in [1.54, 1.807) is 0 Å². The first-order chi connectivity index (χ1) is 7.67. The minimum atomic E-state index is -0.179. The van der Waals surface area contributed by atoms with Crippen LogP contribution in [0.3, 0.4) is 0 Å². The van der Waals surface area contributed by atoms with E-state index >= 15 is 0 Å². The van der Waals surface area contributed by atoms with Gasteiger partial charge in [0.15, 0.2) is 0 Å². The zero-order valence-electron chi connectivity index (χ0n) is 9.50. The zero-order chi connectivity index (χ0) is 12.0. The molecule has 3 nitrogen and oxygen atoms in total. The number of rotatable bonds is 5. The number of benzene rings is 1. The van der Waals surface area contributed by atoms with Crippen LogP contribution in [0.15, 0.2) is 28.7 Å². The van der Waals surface area contributed by atoms with Crippen LogP contribution in [0.25, 0.3) is 0 Å². The van der Waals surface area contributed by atoms with E-state index in [1.165, 1.54) is 0 Å². The van der Waals surface area contributed by atoms with Crippen molar-refractivity contribution >= 4 is 21.9 Å². The van der Waals surface area contributed by atoms with Crippen LogP contribution in [0.5, 0.6) is 0 Å². The third-order valence-electron chi connectivity index (χ3n) is 2.28. The Balaban J connectivity index is 2.70. The Labute approximate surface area is 104 Å². The number of hydrogen-bond acceptors (Lipinski definition) is 3. The third-order valence-corrected chi connectivity index (χ3v) is 2.77. The third kappa shape index (κ3) is 3.94. The number of hydrogen-bond donors (Lipinski definition) is 1. The van der Waals surface area contributed by atoms with E-state index in [-0.39, 0.29) is 12.0 Å². The van der Waals surface area contributed by atoms with Gasteiger partial charge in [-0.15, -0.1) is 0 Å². The average molecular weight is 286 g/mol. The lowest BCUT2D eigenvalue weighted by atomic mass is 10.0. The van der Waals surface area contributed by atoms with Gasteiger partial charge in [-0.2, -0.15) is 0 Å². The monoisotopic (exact) mass is 285 g/mol. The molecule has 0 aromatic heterocycles. The molecule has 0 radical (unpaired) electrons. The fourth-order valence-electron chi connectivity index (χ4n) is 1.50. The van der Waals surface area contributed by atoms with E-state index < -0.39 is 0 Å². The van der Waals surface area contributed by atoms with E-state index in [4.69, 9.17) is 4.74 Å². The Morgan fingerprint density at radius 3 is 2.88 bits per heavy atom. The van der Waals surface area contributed by atoms with Gasteiger partial charge in [-0.05, 0) is 31.7 Å². The van der Waals surface area contributed by atoms with E-state index in [0.29, 0.717) is 13.0 Å². The highest BCUT2D eigenvalue weighted by atomic mass is 79.9. The quantitative estimate of drug-likeness (QED) is 0.846. The molecule has 0 bridgehead atoms. The van der Waals surface area contributed by atoms with Gasteiger partial charge in [-0.3, -0.25) is 4.79 Å². The van der Waals surface area contributed by atoms with Crippen molar-refractivity contribution < 1.29 is 9.53 Å². The summed E-state index contributed by atoms with van der Waals surface area (Å²) in [7, 11) is 1.84. The van der Waals surface area contributed by atoms with Crippen molar-refractivity contribution in [2.45, 2.75) is 19.4 Å². The first kappa shape index (κ1) is 13.2. The molecule has 0 aliphatic rings. The fourth-order valence-corrected chi connectivity index (χ4v) is 1.91. The van der Waals surface area contributed by atoms with Gasteiger partial charge in [0.25, 0.3) is 0 Å². The Morgan fingerprint density at radius 2 is 2.31 bits per heavy atom. The molecular weight excluding hydrogens is 270 g/mol. The molecule has 1 atom stereocenters. The lowest BCUT2D eigenvalue weighted by Crippen LogP contribution is -2.21. The molecule has 0 fully saturated rings. The van der Waals surface area contributed by atoms with Crippen LogP contribution in [0, 0.1) is 0 Å². The second-order valence-corrected chi connectivity index (χ2v) is 4.32. The van der Waals surface area contributed by atoms with Crippen molar-refractivity contribution in [3.05, 3.63) is 34.3 Å². The van der Waals surface area contributed by atoms with Crippen molar-refractivity contribution in [1.82, 2.24) is 5.32 Å². The predicted octanol–water partition coefficient (Wildman–Crippen LogP) is 2.66. The van der Waals surface area contributed by atoms with Crippen LogP contribution in [0.1, 0.15) is 24.9 Å². The summed E-state index contributed by atoms with van der Waals surface area (Å²) in [6, 6.07) is 7.90. The first-order valence-electron chi connectivity index (χ1n) is 5.25. The van der Waals surface area contributed by atoms with Gasteiger partial charge in [-0.25, -0.2) is 0 Å².